The summed E-state index contributed by atoms with van der Waals surface area (Å²) in [5.41, 5.74) is 1.05. The lowest BCUT2D eigenvalue weighted by atomic mass is 10.1. The standard InChI is InChI=1S/C13H21N3O3S/c1-15-9-10(8-14-15)7-12-13(19-2)5-6-16(12)20(17,18)11-3-4-11/h8-9,11-13H,3-7H2,1-2H3/t12-,13+/m1/s1. The van der Waals surface area contributed by atoms with Gasteiger partial charge in [-0.15, -0.1) is 0 Å². The molecule has 6 nitrogen and oxygen atoms in total. The number of aryl methyl sites for hydroxylation is 1. The molecular weight excluding hydrogens is 278 g/mol. The van der Waals surface area contributed by atoms with Gasteiger partial charge in [0.25, 0.3) is 0 Å². The summed E-state index contributed by atoms with van der Waals surface area (Å²) in [6.07, 6.45) is 6.75. The second-order valence-corrected chi connectivity index (χ2v) is 7.88. The van der Waals surface area contributed by atoms with E-state index in [0.717, 1.165) is 24.8 Å². The van der Waals surface area contributed by atoms with Crippen molar-refractivity contribution >= 4 is 10.0 Å². The number of rotatable bonds is 5. The highest BCUT2D eigenvalue weighted by molar-refractivity contribution is 7.90. The average Bonchev–Trinajstić information content (AvgIpc) is 3.08. The number of sulfonamides is 1. The lowest BCUT2D eigenvalue weighted by Gasteiger charge is -2.26. The molecule has 2 aliphatic rings. The van der Waals surface area contributed by atoms with Gasteiger partial charge in [-0.3, -0.25) is 4.68 Å². The molecule has 0 radical (unpaired) electrons. The minimum atomic E-state index is -3.14. The Bertz CT molecular complexity index is 579. The molecule has 1 saturated heterocycles. The smallest absolute Gasteiger partial charge is 0.217 e. The molecule has 2 fully saturated rings. The number of hydrogen-bond acceptors (Lipinski definition) is 4. The summed E-state index contributed by atoms with van der Waals surface area (Å²) in [6, 6.07) is -0.102. The highest BCUT2D eigenvalue weighted by Crippen LogP contribution is 2.36. The molecule has 0 unspecified atom stereocenters. The van der Waals surface area contributed by atoms with Gasteiger partial charge in [-0.1, -0.05) is 0 Å². The summed E-state index contributed by atoms with van der Waals surface area (Å²) in [6.45, 7) is 0.572. The maximum atomic E-state index is 12.5. The van der Waals surface area contributed by atoms with Crippen LogP contribution in [0.15, 0.2) is 12.4 Å². The van der Waals surface area contributed by atoms with Gasteiger partial charge in [0.05, 0.1) is 23.6 Å². The predicted molar refractivity (Wildman–Crippen MR) is 74.8 cm³/mol. The average molecular weight is 299 g/mol. The summed E-state index contributed by atoms with van der Waals surface area (Å²) in [5, 5.41) is 3.99. The Kier molecular flexibility index (Phi) is 3.60. The molecule has 2 heterocycles. The zero-order valence-corrected chi connectivity index (χ0v) is 12.7. The maximum absolute atomic E-state index is 12.5. The number of ether oxygens (including phenoxy) is 1. The second-order valence-electron chi connectivity index (χ2n) is 5.71. The minimum Gasteiger partial charge on any atom is -0.380 e. The third-order valence-corrected chi connectivity index (χ3v) is 6.63. The Morgan fingerprint density at radius 3 is 2.70 bits per heavy atom. The van der Waals surface area contributed by atoms with E-state index in [-0.39, 0.29) is 17.4 Å². The molecule has 0 bridgehead atoms. The van der Waals surface area contributed by atoms with Crippen molar-refractivity contribution in [1.29, 1.82) is 0 Å². The Morgan fingerprint density at radius 2 is 2.15 bits per heavy atom. The minimum absolute atomic E-state index is 0.0243. The van der Waals surface area contributed by atoms with Crippen molar-refractivity contribution in [1.82, 2.24) is 14.1 Å². The van der Waals surface area contributed by atoms with Gasteiger partial charge in [-0.2, -0.15) is 9.40 Å². The molecule has 0 aromatic carbocycles. The third-order valence-electron chi connectivity index (χ3n) is 4.21. The molecule has 112 valence electrons. The first-order chi connectivity index (χ1) is 9.52. The van der Waals surface area contributed by atoms with Gasteiger partial charge < -0.3 is 4.74 Å². The van der Waals surface area contributed by atoms with Crippen molar-refractivity contribution < 1.29 is 13.2 Å². The Labute approximate surface area is 119 Å². The molecule has 1 aliphatic heterocycles. The van der Waals surface area contributed by atoms with Gasteiger partial charge in [0.1, 0.15) is 0 Å². The molecule has 1 saturated carbocycles. The summed E-state index contributed by atoms with van der Waals surface area (Å²) in [4.78, 5) is 0. The maximum Gasteiger partial charge on any atom is 0.217 e. The van der Waals surface area contributed by atoms with Crippen LogP contribution in [0.25, 0.3) is 0 Å². The van der Waals surface area contributed by atoms with Gasteiger partial charge in [0.15, 0.2) is 0 Å². The molecule has 0 N–H and O–H groups in total. The lowest BCUT2D eigenvalue weighted by Crippen LogP contribution is -2.43. The second kappa shape index (κ2) is 5.13. The van der Waals surface area contributed by atoms with E-state index in [1.807, 2.05) is 13.2 Å². The summed E-state index contributed by atoms with van der Waals surface area (Å²) in [7, 11) is 0.382. The zero-order chi connectivity index (χ0) is 14.3. The number of hydrogen-bond donors (Lipinski definition) is 0. The van der Waals surface area contributed by atoms with Crippen LogP contribution >= 0.6 is 0 Å². The van der Waals surface area contributed by atoms with Gasteiger partial charge >= 0.3 is 0 Å². The van der Waals surface area contributed by atoms with Crippen LogP contribution in [0.2, 0.25) is 0 Å². The van der Waals surface area contributed by atoms with Crippen molar-refractivity contribution in [3.63, 3.8) is 0 Å². The monoisotopic (exact) mass is 299 g/mol. The van der Waals surface area contributed by atoms with Gasteiger partial charge in [-0.05, 0) is 31.2 Å². The van der Waals surface area contributed by atoms with E-state index in [1.54, 1.807) is 22.3 Å². The molecule has 3 rings (SSSR count). The quantitative estimate of drug-likeness (QED) is 0.796. The van der Waals surface area contributed by atoms with Crippen molar-refractivity contribution in [2.24, 2.45) is 7.05 Å². The third kappa shape index (κ3) is 2.49. The van der Waals surface area contributed by atoms with Crippen LogP contribution in [0.5, 0.6) is 0 Å². The fourth-order valence-electron chi connectivity index (χ4n) is 3.00. The van der Waals surface area contributed by atoms with Crippen molar-refractivity contribution in [2.75, 3.05) is 13.7 Å². The number of nitrogens with zero attached hydrogens (tertiary/aromatic N) is 3. The normalized spacial score (nSPS) is 28.1. The molecule has 1 aromatic rings. The lowest BCUT2D eigenvalue weighted by molar-refractivity contribution is 0.0809. The largest absolute Gasteiger partial charge is 0.380 e. The fourth-order valence-corrected chi connectivity index (χ4v) is 5.06. The van der Waals surface area contributed by atoms with Gasteiger partial charge in [0, 0.05) is 26.9 Å². The van der Waals surface area contributed by atoms with Gasteiger partial charge in [0.2, 0.25) is 10.0 Å². The molecule has 0 amide bonds. The molecule has 7 heteroatoms. The first-order valence-corrected chi connectivity index (χ1v) is 8.53. The highest BCUT2D eigenvalue weighted by atomic mass is 32.2. The van der Waals surface area contributed by atoms with Crippen molar-refractivity contribution in [3.8, 4) is 0 Å². The van der Waals surface area contributed by atoms with E-state index >= 15 is 0 Å². The van der Waals surface area contributed by atoms with Crippen molar-refractivity contribution in [3.05, 3.63) is 18.0 Å². The van der Waals surface area contributed by atoms with Crippen LogP contribution in [0.3, 0.4) is 0 Å². The van der Waals surface area contributed by atoms with E-state index < -0.39 is 10.0 Å². The van der Waals surface area contributed by atoms with Crippen molar-refractivity contribution in [2.45, 2.75) is 43.1 Å². The fraction of sp³-hybridized carbons (Fsp3) is 0.769. The van der Waals surface area contributed by atoms with E-state index in [0.29, 0.717) is 13.0 Å². The van der Waals surface area contributed by atoms with E-state index in [9.17, 15) is 8.42 Å². The molecule has 2 atom stereocenters. The first kappa shape index (κ1) is 14.0. The van der Waals surface area contributed by atoms with Crippen LogP contribution in [0.1, 0.15) is 24.8 Å². The first-order valence-electron chi connectivity index (χ1n) is 7.03. The Hall–Kier alpha value is -0.920. The van der Waals surface area contributed by atoms with Crippen LogP contribution in [0, 0.1) is 0 Å². The summed E-state index contributed by atoms with van der Waals surface area (Å²) >= 11 is 0. The summed E-state index contributed by atoms with van der Waals surface area (Å²) in [5.74, 6) is 0. The summed E-state index contributed by atoms with van der Waals surface area (Å²) < 4.78 is 33.9. The Morgan fingerprint density at radius 1 is 1.40 bits per heavy atom. The van der Waals surface area contributed by atoms with Crippen LogP contribution in [0.4, 0.5) is 0 Å². The van der Waals surface area contributed by atoms with Crippen LogP contribution in [-0.4, -0.2) is 53.6 Å². The van der Waals surface area contributed by atoms with Crippen LogP contribution < -0.4 is 0 Å². The predicted octanol–water partition coefficient (Wildman–Crippen LogP) is 0.544. The van der Waals surface area contributed by atoms with E-state index in [4.69, 9.17) is 4.74 Å². The molecule has 1 aromatic heterocycles. The SMILES string of the molecule is CO[C@H]1CCN(S(=O)(=O)C2CC2)[C@@H]1Cc1cnn(C)c1. The topological polar surface area (TPSA) is 64.4 Å². The van der Waals surface area contributed by atoms with E-state index in [2.05, 4.69) is 5.10 Å². The van der Waals surface area contributed by atoms with Gasteiger partial charge in [-0.25, -0.2) is 8.42 Å². The zero-order valence-electron chi connectivity index (χ0n) is 11.9. The number of methoxy groups -OCH3 is 1. The molecule has 20 heavy (non-hydrogen) atoms. The molecule has 1 aliphatic carbocycles. The molecule has 0 spiro atoms. The molecular formula is C13H21N3O3S. The Balaban J connectivity index is 1.82. The van der Waals surface area contributed by atoms with E-state index in [1.165, 1.54) is 0 Å². The van der Waals surface area contributed by atoms with Crippen LogP contribution in [-0.2, 0) is 28.2 Å². The highest BCUT2D eigenvalue weighted by Gasteiger charge is 2.47. The number of aromatic nitrogens is 2.